The number of hydrogen-bond acceptors (Lipinski definition) is 3. The first-order valence-corrected chi connectivity index (χ1v) is 11.3. The molecule has 0 bridgehead atoms. The molecule has 1 aliphatic rings. The minimum atomic E-state index is -0.137. The van der Waals surface area contributed by atoms with Crippen LogP contribution >= 0.6 is 0 Å². The largest absolute Gasteiger partial charge is 0.508 e. The number of phenols is 1. The highest BCUT2D eigenvalue weighted by atomic mass is 16.5. The van der Waals surface area contributed by atoms with Gasteiger partial charge in [0.2, 0.25) is 0 Å². The van der Waals surface area contributed by atoms with Crippen LogP contribution in [0.3, 0.4) is 0 Å². The van der Waals surface area contributed by atoms with Crippen LogP contribution in [0.2, 0.25) is 0 Å². The molecule has 0 saturated heterocycles. The zero-order valence-corrected chi connectivity index (χ0v) is 19.6. The van der Waals surface area contributed by atoms with Crippen molar-refractivity contribution in [3.63, 3.8) is 0 Å². The van der Waals surface area contributed by atoms with Crippen molar-refractivity contribution in [2.45, 2.75) is 91.6 Å². The number of aliphatic hydroxyl groups excluding tert-OH is 1. The van der Waals surface area contributed by atoms with Crippen LogP contribution in [0.1, 0.15) is 83.8 Å². The molecule has 0 saturated carbocycles. The lowest BCUT2D eigenvalue weighted by molar-refractivity contribution is 0.0561. The summed E-state index contributed by atoms with van der Waals surface area (Å²) < 4.78 is 6.39. The Bertz CT molecular complexity index is 801. The second-order valence-electron chi connectivity index (χ2n) is 9.23. The van der Waals surface area contributed by atoms with Crippen molar-refractivity contribution < 1.29 is 14.9 Å². The van der Waals surface area contributed by atoms with Gasteiger partial charge in [-0.25, -0.2) is 0 Å². The van der Waals surface area contributed by atoms with Gasteiger partial charge in [0, 0.05) is 0 Å². The van der Waals surface area contributed by atoms with Gasteiger partial charge < -0.3 is 14.9 Å². The number of aliphatic hydroxyl groups is 1. The summed E-state index contributed by atoms with van der Waals surface area (Å²) in [5.41, 5.74) is 5.92. The second kappa shape index (κ2) is 11.4. The minimum absolute atomic E-state index is 0.137. The number of ether oxygens (including phenoxy) is 1. The number of benzene rings is 1. The Morgan fingerprint density at radius 3 is 2.23 bits per heavy atom. The Labute approximate surface area is 183 Å². The molecule has 0 aromatic heterocycles. The van der Waals surface area contributed by atoms with Crippen LogP contribution in [0.5, 0.6) is 11.5 Å². The third-order valence-corrected chi connectivity index (χ3v) is 6.09. The van der Waals surface area contributed by atoms with Crippen LogP contribution < -0.4 is 4.74 Å². The SMILES string of the molecule is C/C(=C/CC/C(C)=C/CC/C(C)=C/CCC1(C)CCc2cc(O)cc(C)c2O1)CO. The number of hydrogen-bond donors (Lipinski definition) is 2. The van der Waals surface area contributed by atoms with Crippen LogP contribution in [-0.2, 0) is 6.42 Å². The molecule has 2 N–H and O–H groups in total. The smallest absolute Gasteiger partial charge is 0.126 e. The van der Waals surface area contributed by atoms with E-state index in [1.54, 1.807) is 6.07 Å². The Hall–Kier alpha value is -2.00. The molecule has 0 amide bonds. The quantitative estimate of drug-likeness (QED) is 0.409. The maximum atomic E-state index is 9.80. The van der Waals surface area contributed by atoms with Gasteiger partial charge in [0.1, 0.15) is 17.1 Å². The molecule has 1 aromatic rings. The monoisotopic (exact) mass is 412 g/mol. The van der Waals surface area contributed by atoms with E-state index in [0.717, 1.165) is 73.8 Å². The summed E-state index contributed by atoms with van der Waals surface area (Å²) in [6.07, 6.45) is 15.1. The molecule has 1 aromatic carbocycles. The first-order chi connectivity index (χ1) is 14.2. The number of allylic oxidation sites excluding steroid dienone is 5. The molecular formula is C27H40O3. The van der Waals surface area contributed by atoms with Gasteiger partial charge in [-0.3, -0.25) is 0 Å². The highest BCUT2D eigenvalue weighted by Crippen LogP contribution is 2.39. The number of aryl methyl sites for hydroxylation is 2. The fraction of sp³-hybridized carbons (Fsp3) is 0.556. The van der Waals surface area contributed by atoms with E-state index in [4.69, 9.17) is 9.84 Å². The van der Waals surface area contributed by atoms with Crippen molar-refractivity contribution in [3.05, 3.63) is 58.2 Å². The van der Waals surface area contributed by atoms with Crippen molar-refractivity contribution in [2.24, 2.45) is 0 Å². The van der Waals surface area contributed by atoms with Crippen LogP contribution in [0.25, 0.3) is 0 Å². The van der Waals surface area contributed by atoms with Gasteiger partial charge in [-0.05, 0) is 109 Å². The average Bonchev–Trinajstić information content (AvgIpc) is 2.68. The highest BCUT2D eigenvalue weighted by molar-refractivity contribution is 5.47. The van der Waals surface area contributed by atoms with Gasteiger partial charge >= 0.3 is 0 Å². The van der Waals surface area contributed by atoms with Crippen molar-refractivity contribution in [3.8, 4) is 11.5 Å². The van der Waals surface area contributed by atoms with Crippen LogP contribution in [0.4, 0.5) is 0 Å². The number of rotatable bonds is 10. The van der Waals surface area contributed by atoms with E-state index in [9.17, 15) is 5.11 Å². The number of phenolic OH excluding ortho intramolecular Hbond substituents is 1. The van der Waals surface area contributed by atoms with E-state index in [0.29, 0.717) is 5.75 Å². The van der Waals surface area contributed by atoms with E-state index in [1.807, 2.05) is 19.9 Å². The summed E-state index contributed by atoms with van der Waals surface area (Å²) in [4.78, 5) is 0. The molecule has 1 unspecified atom stereocenters. The molecule has 30 heavy (non-hydrogen) atoms. The zero-order valence-electron chi connectivity index (χ0n) is 19.6. The van der Waals surface area contributed by atoms with Crippen molar-refractivity contribution in [2.75, 3.05) is 6.61 Å². The predicted octanol–water partition coefficient (Wildman–Crippen LogP) is 6.96. The normalized spacial score (nSPS) is 20.1. The molecule has 0 radical (unpaired) electrons. The Kier molecular flexibility index (Phi) is 9.23. The van der Waals surface area contributed by atoms with E-state index in [2.05, 4.69) is 39.0 Å². The van der Waals surface area contributed by atoms with E-state index in [1.165, 1.54) is 11.1 Å². The molecule has 1 atom stereocenters. The fourth-order valence-corrected chi connectivity index (χ4v) is 4.02. The summed E-state index contributed by atoms with van der Waals surface area (Å²) >= 11 is 0. The lowest BCUT2D eigenvalue weighted by Crippen LogP contribution is -2.36. The molecule has 0 spiro atoms. The summed E-state index contributed by atoms with van der Waals surface area (Å²) in [5.74, 6) is 1.30. The first kappa shape index (κ1) is 24.3. The summed E-state index contributed by atoms with van der Waals surface area (Å²) in [5, 5.41) is 18.8. The van der Waals surface area contributed by atoms with Crippen LogP contribution in [-0.4, -0.2) is 22.4 Å². The van der Waals surface area contributed by atoms with Crippen LogP contribution in [0, 0.1) is 6.92 Å². The fourth-order valence-electron chi connectivity index (χ4n) is 4.02. The molecular weight excluding hydrogens is 372 g/mol. The molecule has 2 rings (SSSR count). The van der Waals surface area contributed by atoms with Gasteiger partial charge in [-0.2, -0.15) is 0 Å². The van der Waals surface area contributed by atoms with E-state index < -0.39 is 0 Å². The Balaban J connectivity index is 1.77. The molecule has 1 heterocycles. The van der Waals surface area contributed by atoms with Gasteiger partial charge in [0.15, 0.2) is 0 Å². The maximum Gasteiger partial charge on any atom is 0.126 e. The Morgan fingerprint density at radius 1 is 1.00 bits per heavy atom. The molecule has 3 heteroatoms. The summed E-state index contributed by atoms with van der Waals surface area (Å²) in [6.45, 7) is 10.8. The highest BCUT2D eigenvalue weighted by Gasteiger charge is 2.31. The molecule has 0 fully saturated rings. The summed E-state index contributed by atoms with van der Waals surface area (Å²) in [7, 11) is 0. The van der Waals surface area contributed by atoms with Gasteiger partial charge in [0.05, 0.1) is 6.61 Å². The molecule has 1 aliphatic heterocycles. The first-order valence-electron chi connectivity index (χ1n) is 11.3. The lowest BCUT2D eigenvalue weighted by Gasteiger charge is -2.36. The van der Waals surface area contributed by atoms with Gasteiger partial charge in [-0.15, -0.1) is 0 Å². The topological polar surface area (TPSA) is 49.7 Å². The van der Waals surface area contributed by atoms with Crippen molar-refractivity contribution >= 4 is 0 Å². The zero-order chi connectivity index (χ0) is 22.1. The molecule has 0 aliphatic carbocycles. The number of fused-ring (bicyclic) bond motifs is 1. The number of aromatic hydroxyl groups is 1. The average molecular weight is 413 g/mol. The van der Waals surface area contributed by atoms with Gasteiger partial charge in [0.25, 0.3) is 0 Å². The predicted molar refractivity (Wildman–Crippen MR) is 126 cm³/mol. The maximum absolute atomic E-state index is 9.80. The second-order valence-corrected chi connectivity index (χ2v) is 9.23. The Morgan fingerprint density at radius 2 is 1.60 bits per heavy atom. The van der Waals surface area contributed by atoms with Crippen molar-refractivity contribution in [1.29, 1.82) is 0 Å². The van der Waals surface area contributed by atoms with Crippen LogP contribution in [0.15, 0.2) is 47.1 Å². The lowest BCUT2D eigenvalue weighted by atomic mass is 9.87. The van der Waals surface area contributed by atoms with Gasteiger partial charge in [-0.1, -0.05) is 34.9 Å². The van der Waals surface area contributed by atoms with Crippen molar-refractivity contribution in [1.82, 2.24) is 0 Å². The molecule has 166 valence electrons. The third-order valence-electron chi connectivity index (χ3n) is 6.09. The minimum Gasteiger partial charge on any atom is -0.508 e. The molecule has 3 nitrogen and oxygen atoms in total. The standard InChI is InChI=1S/C27H40O3/c1-20(11-7-12-22(3)19-28)9-6-10-21(2)13-8-15-27(5)16-14-24-18-25(29)17-23(4)26(24)30-27/h9,12-13,17-18,28-29H,6-8,10-11,14-16,19H2,1-5H3/b20-9+,21-13+,22-12-. The van der Waals surface area contributed by atoms with E-state index in [-0.39, 0.29) is 12.2 Å². The third kappa shape index (κ3) is 7.68. The van der Waals surface area contributed by atoms with E-state index >= 15 is 0 Å². The summed E-state index contributed by atoms with van der Waals surface area (Å²) in [6, 6.07) is 3.62.